The minimum Gasteiger partial charge on any atom is -0.489 e. The molecule has 0 aromatic heterocycles. The van der Waals surface area contributed by atoms with Gasteiger partial charge in [-0.1, -0.05) is 42.5 Å². The standard InChI is InChI=1S/C21H24N2O/c1-23(16-17-7-3-2-4-8-17)14-13-21(18-11-12-18)24-20-10-6-5-9-19(20)15-22/h2-10,18,21H,11-14,16H2,1H3. The van der Waals surface area contributed by atoms with Gasteiger partial charge in [-0.25, -0.2) is 0 Å². The minimum atomic E-state index is 0.206. The van der Waals surface area contributed by atoms with Gasteiger partial charge < -0.3 is 9.64 Å². The average Bonchev–Trinajstić information content (AvgIpc) is 3.45. The third-order valence-corrected chi connectivity index (χ3v) is 4.52. The number of rotatable bonds is 8. The number of benzene rings is 2. The Morgan fingerprint density at radius 3 is 2.54 bits per heavy atom. The van der Waals surface area contributed by atoms with E-state index < -0.39 is 0 Å². The molecule has 2 aromatic carbocycles. The fourth-order valence-electron chi connectivity index (χ4n) is 3.01. The Labute approximate surface area is 144 Å². The third-order valence-electron chi connectivity index (χ3n) is 4.52. The molecule has 0 N–H and O–H groups in total. The largest absolute Gasteiger partial charge is 0.489 e. The van der Waals surface area contributed by atoms with Gasteiger partial charge in [-0.15, -0.1) is 0 Å². The Morgan fingerprint density at radius 1 is 1.12 bits per heavy atom. The lowest BCUT2D eigenvalue weighted by Crippen LogP contribution is -2.27. The predicted octanol–water partition coefficient (Wildman–Crippen LogP) is 4.24. The lowest BCUT2D eigenvalue weighted by molar-refractivity contribution is 0.148. The predicted molar refractivity (Wildman–Crippen MR) is 95.7 cm³/mol. The van der Waals surface area contributed by atoms with Gasteiger partial charge >= 0.3 is 0 Å². The van der Waals surface area contributed by atoms with Gasteiger partial charge in [-0.3, -0.25) is 0 Å². The van der Waals surface area contributed by atoms with E-state index in [-0.39, 0.29) is 6.10 Å². The molecule has 0 bridgehead atoms. The van der Waals surface area contributed by atoms with Crippen LogP contribution in [0.5, 0.6) is 5.75 Å². The van der Waals surface area contributed by atoms with E-state index in [0.717, 1.165) is 25.3 Å². The van der Waals surface area contributed by atoms with Crippen LogP contribution < -0.4 is 4.74 Å². The number of nitrogens with zero attached hydrogens (tertiary/aromatic N) is 2. The third kappa shape index (κ3) is 4.59. The Bertz CT molecular complexity index is 688. The number of para-hydroxylation sites is 1. The monoisotopic (exact) mass is 320 g/mol. The SMILES string of the molecule is CN(CCC(Oc1ccccc1C#N)C1CC1)Cc1ccccc1. The first-order valence-corrected chi connectivity index (χ1v) is 8.64. The smallest absolute Gasteiger partial charge is 0.137 e. The van der Waals surface area contributed by atoms with Crippen LogP contribution in [-0.2, 0) is 6.54 Å². The van der Waals surface area contributed by atoms with Gasteiger partial charge in [-0.2, -0.15) is 5.26 Å². The second kappa shape index (κ2) is 7.99. The Hall–Kier alpha value is -2.31. The molecule has 2 aromatic rings. The van der Waals surface area contributed by atoms with Crippen LogP contribution in [0.2, 0.25) is 0 Å². The quantitative estimate of drug-likeness (QED) is 0.730. The first kappa shape index (κ1) is 16.5. The molecule has 3 heteroatoms. The van der Waals surface area contributed by atoms with Crippen molar-refractivity contribution < 1.29 is 4.74 Å². The molecule has 1 saturated carbocycles. The maximum atomic E-state index is 9.23. The summed E-state index contributed by atoms with van der Waals surface area (Å²) in [6.07, 6.45) is 3.68. The van der Waals surface area contributed by atoms with Gasteiger partial charge in [0.1, 0.15) is 17.9 Å². The summed E-state index contributed by atoms with van der Waals surface area (Å²) in [5, 5.41) is 9.23. The van der Waals surface area contributed by atoms with Crippen molar-refractivity contribution in [3.05, 3.63) is 65.7 Å². The zero-order valence-corrected chi connectivity index (χ0v) is 14.2. The first-order chi connectivity index (χ1) is 11.8. The van der Waals surface area contributed by atoms with Crippen molar-refractivity contribution in [1.29, 1.82) is 5.26 Å². The fourth-order valence-corrected chi connectivity index (χ4v) is 3.01. The van der Waals surface area contributed by atoms with Crippen LogP contribution in [0.4, 0.5) is 0 Å². The first-order valence-electron chi connectivity index (χ1n) is 8.64. The highest BCUT2D eigenvalue weighted by Crippen LogP contribution is 2.37. The van der Waals surface area contributed by atoms with E-state index >= 15 is 0 Å². The topological polar surface area (TPSA) is 36.3 Å². The molecule has 0 spiro atoms. The molecule has 1 unspecified atom stereocenters. The van der Waals surface area contributed by atoms with Crippen LogP contribution in [0.1, 0.15) is 30.4 Å². The lowest BCUT2D eigenvalue weighted by atomic mass is 10.1. The molecule has 3 rings (SSSR count). The number of ether oxygens (including phenoxy) is 1. The van der Waals surface area contributed by atoms with Crippen molar-refractivity contribution in [3.8, 4) is 11.8 Å². The zero-order chi connectivity index (χ0) is 16.8. The molecule has 124 valence electrons. The van der Waals surface area contributed by atoms with Crippen molar-refractivity contribution >= 4 is 0 Å². The van der Waals surface area contributed by atoms with Crippen LogP contribution in [0.25, 0.3) is 0 Å². The maximum absolute atomic E-state index is 9.23. The summed E-state index contributed by atoms with van der Waals surface area (Å²) in [6, 6.07) is 20.3. The number of nitriles is 1. The highest BCUT2D eigenvalue weighted by molar-refractivity contribution is 5.42. The van der Waals surface area contributed by atoms with Crippen LogP contribution in [0, 0.1) is 17.2 Å². The van der Waals surface area contributed by atoms with Crippen molar-refractivity contribution in [2.45, 2.75) is 31.9 Å². The molecule has 1 atom stereocenters. The van der Waals surface area contributed by atoms with E-state index in [0.29, 0.717) is 11.5 Å². The summed E-state index contributed by atoms with van der Waals surface area (Å²) >= 11 is 0. The van der Waals surface area contributed by atoms with Crippen LogP contribution >= 0.6 is 0 Å². The van der Waals surface area contributed by atoms with Gasteiger partial charge in [0.2, 0.25) is 0 Å². The zero-order valence-electron chi connectivity index (χ0n) is 14.2. The van der Waals surface area contributed by atoms with E-state index in [4.69, 9.17) is 4.74 Å². The molecule has 0 amide bonds. The Morgan fingerprint density at radius 2 is 1.83 bits per heavy atom. The summed E-state index contributed by atoms with van der Waals surface area (Å²) < 4.78 is 6.21. The minimum absolute atomic E-state index is 0.206. The highest BCUT2D eigenvalue weighted by atomic mass is 16.5. The van der Waals surface area contributed by atoms with E-state index in [1.807, 2.05) is 30.3 Å². The molecule has 1 fully saturated rings. The van der Waals surface area contributed by atoms with Gasteiger partial charge in [0.25, 0.3) is 0 Å². The van der Waals surface area contributed by atoms with Gasteiger partial charge in [-0.05, 0) is 49.9 Å². The van der Waals surface area contributed by atoms with Gasteiger partial charge in [0, 0.05) is 13.1 Å². The summed E-state index contributed by atoms with van der Waals surface area (Å²) in [4.78, 5) is 2.34. The molecular formula is C21H24N2O. The van der Waals surface area contributed by atoms with Crippen LogP contribution in [-0.4, -0.2) is 24.6 Å². The normalized spacial score (nSPS) is 15.0. The molecule has 1 aliphatic rings. The second-order valence-electron chi connectivity index (χ2n) is 6.61. The molecular weight excluding hydrogens is 296 g/mol. The maximum Gasteiger partial charge on any atom is 0.137 e. The Kier molecular flexibility index (Phi) is 5.51. The number of hydrogen-bond acceptors (Lipinski definition) is 3. The molecule has 0 radical (unpaired) electrons. The van der Waals surface area contributed by atoms with Crippen molar-refractivity contribution in [2.24, 2.45) is 5.92 Å². The summed E-state index contributed by atoms with van der Waals surface area (Å²) in [5.74, 6) is 1.37. The fraction of sp³-hybridized carbons (Fsp3) is 0.381. The summed E-state index contributed by atoms with van der Waals surface area (Å²) in [6.45, 7) is 1.94. The van der Waals surface area contributed by atoms with Crippen molar-refractivity contribution in [1.82, 2.24) is 4.90 Å². The molecule has 0 heterocycles. The van der Waals surface area contributed by atoms with E-state index in [1.54, 1.807) is 0 Å². The molecule has 3 nitrogen and oxygen atoms in total. The van der Waals surface area contributed by atoms with E-state index in [9.17, 15) is 5.26 Å². The van der Waals surface area contributed by atoms with Crippen LogP contribution in [0.15, 0.2) is 54.6 Å². The molecule has 24 heavy (non-hydrogen) atoms. The van der Waals surface area contributed by atoms with Gasteiger partial charge in [0.15, 0.2) is 0 Å². The molecule has 1 aliphatic carbocycles. The van der Waals surface area contributed by atoms with Crippen LogP contribution in [0.3, 0.4) is 0 Å². The van der Waals surface area contributed by atoms with Crippen molar-refractivity contribution in [2.75, 3.05) is 13.6 Å². The van der Waals surface area contributed by atoms with E-state index in [2.05, 4.69) is 42.3 Å². The summed E-state index contributed by atoms with van der Waals surface area (Å²) in [5.41, 5.74) is 1.96. The average molecular weight is 320 g/mol. The summed E-state index contributed by atoms with van der Waals surface area (Å²) in [7, 11) is 2.15. The Balaban J connectivity index is 1.56. The highest BCUT2D eigenvalue weighted by Gasteiger charge is 2.33. The second-order valence-corrected chi connectivity index (χ2v) is 6.61. The number of hydrogen-bond donors (Lipinski definition) is 0. The van der Waals surface area contributed by atoms with Gasteiger partial charge in [0.05, 0.1) is 5.56 Å². The molecule has 0 aliphatic heterocycles. The lowest BCUT2D eigenvalue weighted by Gasteiger charge is -2.23. The molecule has 0 saturated heterocycles. The van der Waals surface area contributed by atoms with E-state index in [1.165, 1.54) is 18.4 Å². The van der Waals surface area contributed by atoms with Crippen molar-refractivity contribution in [3.63, 3.8) is 0 Å².